The third-order valence-corrected chi connectivity index (χ3v) is 9.55. The molecule has 1 aromatic carbocycles. The Morgan fingerprint density at radius 2 is 1.81 bits per heavy atom. The van der Waals surface area contributed by atoms with E-state index in [0.717, 1.165) is 36.6 Å². The molecule has 0 spiro atoms. The summed E-state index contributed by atoms with van der Waals surface area (Å²) in [6, 6.07) is 5.88. The van der Waals surface area contributed by atoms with E-state index in [0.29, 0.717) is 22.6 Å². The van der Waals surface area contributed by atoms with Gasteiger partial charge in [0.2, 0.25) is 10.0 Å². The summed E-state index contributed by atoms with van der Waals surface area (Å²) in [5.41, 5.74) is 0.552. The zero-order valence-electron chi connectivity index (χ0n) is 19.8. The molecule has 1 aliphatic rings. The molecule has 17 heteroatoms. The minimum Gasteiger partial charge on any atom is -0.307 e. The molecule has 2 amide bonds. The Balaban J connectivity index is 1.59. The van der Waals surface area contributed by atoms with Gasteiger partial charge in [0.15, 0.2) is 15.1 Å². The molecular weight excluding hydrogens is 544 g/mol. The van der Waals surface area contributed by atoms with Crippen molar-refractivity contribution in [3.05, 3.63) is 35.5 Å². The Morgan fingerprint density at radius 3 is 2.46 bits per heavy atom. The SMILES string of the molecule is Cn1nnnc1S(=O)(=O)c1sc(NC(=O)Nc2ccccc2C(=O)C2CCCC2)nc1CNS(C)(=O)=O. The molecule has 1 fully saturated rings. The first kappa shape index (κ1) is 26.8. The van der Waals surface area contributed by atoms with Crippen LogP contribution in [0.2, 0.25) is 0 Å². The lowest BCUT2D eigenvalue weighted by atomic mass is 9.95. The van der Waals surface area contributed by atoms with Gasteiger partial charge in [0.25, 0.3) is 15.0 Å². The van der Waals surface area contributed by atoms with Gasteiger partial charge in [-0.1, -0.05) is 41.4 Å². The van der Waals surface area contributed by atoms with Gasteiger partial charge in [-0.15, -0.1) is 0 Å². The lowest BCUT2D eigenvalue weighted by molar-refractivity contribution is 0.0923. The molecule has 0 aliphatic heterocycles. The number of sulfonamides is 1. The molecule has 0 bridgehead atoms. The first-order valence-corrected chi connectivity index (χ1v) is 15.3. The van der Waals surface area contributed by atoms with Crippen LogP contribution in [0.5, 0.6) is 0 Å². The Hall–Kier alpha value is -3.28. The quantitative estimate of drug-likeness (QED) is 0.319. The first-order valence-electron chi connectivity index (χ1n) is 11.1. The van der Waals surface area contributed by atoms with Crippen LogP contribution in [0, 0.1) is 5.92 Å². The maximum Gasteiger partial charge on any atom is 0.325 e. The number of hydrogen-bond donors (Lipinski definition) is 3. The van der Waals surface area contributed by atoms with E-state index >= 15 is 0 Å². The summed E-state index contributed by atoms with van der Waals surface area (Å²) in [6.07, 6.45) is 4.50. The Morgan fingerprint density at radius 1 is 1.11 bits per heavy atom. The molecule has 0 radical (unpaired) electrons. The largest absolute Gasteiger partial charge is 0.325 e. The van der Waals surface area contributed by atoms with E-state index in [9.17, 15) is 26.4 Å². The molecule has 198 valence electrons. The highest BCUT2D eigenvalue weighted by molar-refractivity contribution is 7.93. The van der Waals surface area contributed by atoms with Gasteiger partial charge in [0.05, 0.1) is 24.2 Å². The monoisotopic (exact) mass is 568 g/mol. The summed E-state index contributed by atoms with van der Waals surface area (Å²) in [6.45, 7) is -0.447. The predicted octanol–water partition coefficient (Wildman–Crippen LogP) is 1.57. The van der Waals surface area contributed by atoms with Gasteiger partial charge < -0.3 is 5.32 Å². The number of Topliss-reactive ketones (excluding diaryl/α,β-unsaturated/α-hetero) is 1. The van der Waals surface area contributed by atoms with Crippen molar-refractivity contribution in [2.45, 2.75) is 41.6 Å². The average Bonchev–Trinajstić information content (AvgIpc) is 3.58. The number of urea groups is 1. The standard InChI is InChI=1S/C20H24N8O6S3/c1-28-20(25-26-27-28)37(33,34)17-15(11-21-36(2,31)32)23-19(35-17)24-18(30)22-14-10-6-5-9-13(14)16(29)12-7-3-4-8-12/h5-6,9-10,12,21H,3-4,7-8,11H2,1-2H3,(H2,22,23,24,30). The van der Waals surface area contributed by atoms with Gasteiger partial charge in [-0.2, -0.15) is 0 Å². The van der Waals surface area contributed by atoms with E-state index in [1.807, 2.05) is 0 Å². The van der Waals surface area contributed by atoms with Crippen molar-refractivity contribution >= 4 is 53.8 Å². The van der Waals surface area contributed by atoms with E-state index in [1.165, 1.54) is 7.05 Å². The second-order valence-electron chi connectivity index (χ2n) is 8.41. The number of carbonyl (C=O) groups excluding carboxylic acids is 2. The molecular formula is C20H24N8O6S3. The Labute approximate surface area is 216 Å². The number of para-hydroxylation sites is 1. The van der Waals surface area contributed by atoms with Gasteiger partial charge in [-0.05, 0) is 35.4 Å². The molecule has 4 rings (SSSR count). The number of nitrogens with zero attached hydrogens (tertiary/aromatic N) is 5. The molecule has 0 saturated heterocycles. The number of amides is 2. The van der Waals surface area contributed by atoms with E-state index in [1.54, 1.807) is 24.3 Å². The highest BCUT2D eigenvalue weighted by Crippen LogP contribution is 2.33. The van der Waals surface area contributed by atoms with E-state index in [-0.39, 0.29) is 26.7 Å². The second kappa shape index (κ2) is 10.6. The fourth-order valence-corrected chi connectivity index (χ4v) is 7.04. The number of nitrogens with one attached hydrogen (secondary N) is 3. The molecule has 3 aromatic rings. The molecule has 37 heavy (non-hydrogen) atoms. The van der Waals surface area contributed by atoms with Crippen molar-refractivity contribution in [2.75, 3.05) is 16.9 Å². The van der Waals surface area contributed by atoms with E-state index in [4.69, 9.17) is 0 Å². The summed E-state index contributed by atoms with van der Waals surface area (Å²) in [5.74, 6) is -0.125. The van der Waals surface area contributed by atoms with Crippen molar-refractivity contribution in [3.63, 3.8) is 0 Å². The van der Waals surface area contributed by atoms with Gasteiger partial charge in [0, 0.05) is 18.5 Å². The number of rotatable bonds is 9. The van der Waals surface area contributed by atoms with Crippen molar-refractivity contribution in [3.8, 4) is 0 Å². The number of anilines is 2. The van der Waals surface area contributed by atoms with Gasteiger partial charge >= 0.3 is 6.03 Å². The lowest BCUT2D eigenvalue weighted by Crippen LogP contribution is -2.23. The van der Waals surface area contributed by atoms with Crippen molar-refractivity contribution in [1.82, 2.24) is 29.9 Å². The fraction of sp³-hybridized carbons (Fsp3) is 0.400. The molecule has 3 N–H and O–H groups in total. The van der Waals surface area contributed by atoms with Crippen LogP contribution in [0.15, 0.2) is 33.6 Å². The topological polar surface area (TPSA) is 195 Å². The number of ketones is 1. The maximum absolute atomic E-state index is 13.2. The summed E-state index contributed by atoms with van der Waals surface area (Å²) in [7, 11) is -6.64. The van der Waals surface area contributed by atoms with Crippen LogP contribution in [-0.2, 0) is 33.5 Å². The molecule has 1 aliphatic carbocycles. The van der Waals surface area contributed by atoms with Crippen LogP contribution >= 0.6 is 11.3 Å². The highest BCUT2D eigenvalue weighted by Gasteiger charge is 2.31. The number of hydrogen-bond acceptors (Lipinski definition) is 11. The molecule has 1 saturated carbocycles. The van der Waals surface area contributed by atoms with Crippen LogP contribution in [0.25, 0.3) is 0 Å². The fourth-order valence-electron chi connectivity index (χ4n) is 3.91. The number of benzene rings is 1. The summed E-state index contributed by atoms with van der Waals surface area (Å²) < 4.78 is 52.3. The number of carbonyl (C=O) groups is 2. The number of aryl methyl sites for hydroxylation is 1. The molecule has 2 heterocycles. The van der Waals surface area contributed by atoms with Crippen LogP contribution in [-0.4, -0.2) is 60.1 Å². The Bertz CT molecular complexity index is 1540. The summed E-state index contributed by atoms with van der Waals surface area (Å²) >= 11 is 0.612. The van der Waals surface area contributed by atoms with Crippen molar-refractivity contribution in [2.24, 2.45) is 13.0 Å². The molecule has 0 atom stereocenters. The first-order chi connectivity index (χ1) is 17.5. The van der Waals surface area contributed by atoms with Crippen LogP contribution < -0.4 is 15.4 Å². The van der Waals surface area contributed by atoms with Gasteiger partial charge in [-0.3, -0.25) is 10.1 Å². The number of sulfone groups is 1. The van der Waals surface area contributed by atoms with E-state index < -0.39 is 37.6 Å². The minimum atomic E-state index is -4.29. The number of thiazole rings is 1. The van der Waals surface area contributed by atoms with Crippen molar-refractivity contribution < 1.29 is 26.4 Å². The normalized spacial score (nSPS) is 14.5. The zero-order chi connectivity index (χ0) is 26.8. The van der Waals surface area contributed by atoms with Crippen LogP contribution in [0.4, 0.5) is 15.6 Å². The second-order valence-corrected chi connectivity index (χ2v) is 13.3. The number of tetrazole rings is 1. The average molecular weight is 569 g/mol. The predicted molar refractivity (Wildman–Crippen MR) is 133 cm³/mol. The van der Waals surface area contributed by atoms with E-state index in [2.05, 4.69) is 35.9 Å². The van der Waals surface area contributed by atoms with Crippen LogP contribution in [0.3, 0.4) is 0 Å². The van der Waals surface area contributed by atoms with Gasteiger partial charge in [0.1, 0.15) is 0 Å². The highest BCUT2D eigenvalue weighted by atomic mass is 32.2. The molecule has 2 aromatic heterocycles. The third kappa shape index (κ3) is 6.17. The third-order valence-electron chi connectivity index (χ3n) is 5.62. The molecule has 14 nitrogen and oxygen atoms in total. The zero-order valence-corrected chi connectivity index (χ0v) is 22.3. The maximum atomic E-state index is 13.2. The minimum absolute atomic E-state index is 0.0394. The smallest absolute Gasteiger partial charge is 0.307 e. The van der Waals surface area contributed by atoms with Crippen LogP contribution in [0.1, 0.15) is 41.7 Å². The Kier molecular flexibility index (Phi) is 7.67. The van der Waals surface area contributed by atoms with Gasteiger partial charge in [-0.25, -0.2) is 36.0 Å². The van der Waals surface area contributed by atoms with Crippen molar-refractivity contribution in [1.29, 1.82) is 0 Å². The lowest BCUT2D eigenvalue weighted by Gasteiger charge is -2.13. The number of aromatic nitrogens is 5. The summed E-state index contributed by atoms with van der Waals surface area (Å²) in [5, 5.41) is 14.9. The summed E-state index contributed by atoms with van der Waals surface area (Å²) in [4.78, 5) is 29.8. The molecule has 0 unspecified atom stereocenters.